The fourth-order valence-corrected chi connectivity index (χ4v) is 1.07. The Bertz CT molecular complexity index is 343. The number of aryl methyl sites for hydroxylation is 1. The van der Waals surface area contributed by atoms with E-state index in [1.54, 1.807) is 6.92 Å². The molecule has 0 saturated heterocycles. The third-order valence-corrected chi connectivity index (χ3v) is 1.49. The lowest BCUT2D eigenvalue weighted by atomic mass is 10.4. The van der Waals surface area contributed by atoms with E-state index in [0.717, 1.165) is 0 Å². The smallest absolute Gasteiger partial charge is 0.386 e. The maximum Gasteiger partial charge on any atom is 0.526 e. The summed E-state index contributed by atoms with van der Waals surface area (Å²) >= 11 is 0. The quantitative estimate of drug-likeness (QED) is 0.573. The first-order chi connectivity index (χ1) is 5.87. The Kier molecular flexibility index (Phi) is 2.51. The Morgan fingerprint density at radius 3 is 2.62 bits per heavy atom. The monoisotopic (exact) mass is 205 g/mol. The minimum absolute atomic E-state index is 0.0940. The summed E-state index contributed by atoms with van der Waals surface area (Å²) in [5.74, 6) is -0.332. The van der Waals surface area contributed by atoms with E-state index < -0.39 is 7.82 Å². The fourth-order valence-electron chi connectivity index (χ4n) is 0.730. The molecule has 0 bridgehead atoms. The molecule has 0 aromatic carbocycles. The highest BCUT2D eigenvalue weighted by Crippen LogP contribution is 2.36. The summed E-state index contributed by atoms with van der Waals surface area (Å²) in [6, 6.07) is 1.27. The lowest BCUT2D eigenvalue weighted by Crippen LogP contribution is -2.00. The lowest BCUT2D eigenvalue weighted by Gasteiger charge is -2.05. The molecule has 0 fully saturated rings. The molecule has 8 heteroatoms. The van der Waals surface area contributed by atoms with Gasteiger partial charge in [0.15, 0.2) is 0 Å². The highest BCUT2D eigenvalue weighted by Gasteiger charge is 2.17. The highest BCUT2D eigenvalue weighted by atomic mass is 31.2. The predicted octanol–water partition coefficient (Wildman–Crippen LogP) is -0.161. The number of phosphoric acid groups is 1. The van der Waals surface area contributed by atoms with E-state index in [-0.39, 0.29) is 11.8 Å². The zero-order valence-electron chi connectivity index (χ0n) is 6.71. The van der Waals surface area contributed by atoms with Gasteiger partial charge in [0.05, 0.1) is 0 Å². The van der Waals surface area contributed by atoms with Crippen molar-refractivity contribution >= 4 is 13.8 Å². The topological polar surface area (TPSA) is 119 Å². The summed E-state index contributed by atoms with van der Waals surface area (Å²) in [5, 5.41) is 0. The Morgan fingerprint density at radius 1 is 1.54 bits per heavy atom. The van der Waals surface area contributed by atoms with Crippen LogP contribution in [0, 0.1) is 6.92 Å². The van der Waals surface area contributed by atoms with Gasteiger partial charge in [0.25, 0.3) is 0 Å². The fraction of sp³-hybridized carbons (Fsp3) is 0.200. The molecule has 0 saturated carbocycles. The number of nitrogens with two attached hydrogens (primary N) is 1. The van der Waals surface area contributed by atoms with Crippen LogP contribution < -0.4 is 10.3 Å². The molecule has 1 rings (SSSR count). The van der Waals surface area contributed by atoms with Crippen LogP contribution in [-0.4, -0.2) is 19.8 Å². The van der Waals surface area contributed by atoms with Gasteiger partial charge in [0.1, 0.15) is 0 Å². The number of nitrogens with zero attached hydrogens (tertiary/aromatic N) is 2. The minimum Gasteiger partial charge on any atom is -0.386 e. The van der Waals surface area contributed by atoms with Crippen molar-refractivity contribution in [3.8, 4) is 5.88 Å². The second kappa shape index (κ2) is 3.29. The molecule has 0 aliphatic carbocycles. The minimum atomic E-state index is -4.57. The van der Waals surface area contributed by atoms with Gasteiger partial charge < -0.3 is 10.3 Å². The number of nitrogen functional groups attached to an aromatic ring is 1. The van der Waals surface area contributed by atoms with Gasteiger partial charge in [-0.2, -0.15) is 4.98 Å². The first-order valence-corrected chi connectivity index (χ1v) is 4.76. The molecule has 0 radical (unpaired) electrons. The van der Waals surface area contributed by atoms with Gasteiger partial charge in [-0.05, 0) is 6.92 Å². The van der Waals surface area contributed by atoms with Crippen molar-refractivity contribution in [1.82, 2.24) is 9.97 Å². The zero-order chi connectivity index (χ0) is 10.1. The number of rotatable bonds is 2. The van der Waals surface area contributed by atoms with Gasteiger partial charge >= 0.3 is 7.82 Å². The Hall–Kier alpha value is -1.17. The molecule has 0 unspecified atom stereocenters. The highest BCUT2D eigenvalue weighted by molar-refractivity contribution is 7.46. The molecule has 0 aliphatic heterocycles. The molecule has 1 aromatic heterocycles. The molecule has 0 amide bonds. The number of hydrogen-bond donors (Lipinski definition) is 3. The first-order valence-electron chi connectivity index (χ1n) is 3.23. The van der Waals surface area contributed by atoms with Crippen LogP contribution in [0.25, 0.3) is 0 Å². The van der Waals surface area contributed by atoms with E-state index in [9.17, 15) is 4.57 Å². The van der Waals surface area contributed by atoms with Gasteiger partial charge in [-0.1, -0.05) is 0 Å². The number of anilines is 1. The Balaban J connectivity index is 2.96. The lowest BCUT2D eigenvalue weighted by molar-refractivity contribution is 0.279. The third kappa shape index (κ3) is 3.37. The maximum atomic E-state index is 10.4. The normalized spacial score (nSPS) is 11.3. The van der Waals surface area contributed by atoms with Gasteiger partial charge in [0, 0.05) is 11.8 Å². The number of hydrogen-bond acceptors (Lipinski definition) is 5. The van der Waals surface area contributed by atoms with Crippen molar-refractivity contribution in [3.05, 3.63) is 11.8 Å². The van der Waals surface area contributed by atoms with Crippen molar-refractivity contribution in [2.75, 3.05) is 5.73 Å². The van der Waals surface area contributed by atoms with E-state index in [2.05, 4.69) is 14.5 Å². The second-order valence-electron chi connectivity index (χ2n) is 2.29. The van der Waals surface area contributed by atoms with Gasteiger partial charge in [0.2, 0.25) is 11.8 Å². The van der Waals surface area contributed by atoms with Crippen LogP contribution in [0.2, 0.25) is 0 Å². The van der Waals surface area contributed by atoms with E-state index in [0.29, 0.717) is 5.69 Å². The van der Waals surface area contributed by atoms with Gasteiger partial charge in [-0.3, -0.25) is 9.79 Å². The Labute approximate surface area is 73.8 Å². The molecule has 0 atom stereocenters. The molecule has 4 N–H and O–H groups in total. The van der Waals surface area contributed by atoms with Crippen LogP contribution in [0.15, 0.2) is 6.07 Å². The number of aromatic nitrogens is 2. The molecular weight excluding hydrogens is 197 g/mol. The Morgan fingerprint density at radius 2 is 2.15 bits per heavy atom. The van der Waals surface area contributed by atoms with Crippen LogP contribution in [-0.2, 0) is 4.57 Å². The van der Waals surface area contributed by atoms with Crippen LogP contribution in [0.3, 0.4) is 0 Å². The van der Waals surface area contributed by atoms with Crippen LogP contribution in [0.1, 0.15) is 5.69 Å². The van der Waals surface area contributed by atoms with E-state index in [4.69, 9.17) is 15.5 Å². The summed E-state index contributed by atoms with van der Waals surface area (Å²) in [7, 11) is -4.57. The van der Waals surface area contributed by atoms with Crippen molar-refractivity contribution in [2.45, 2.75) is 6.92 Å². The van der Waals surface area contributed by atoms with Gasteiger partial charge in [-0.25, -0.2) is 9.55 Å². The summed E-state index contributed by atoms with van der Waals surface area (Å²) in [6.07, 6.45) is 0. The summed E-state index contributed by atoms with van der Waals surface area (Å²) < 4.78 is 14.6. The molecule has 7 nitrogen and oxygen atoms in total. The van der Waals surface area contributed by atoms with E-state index >= 15 is 0 Å². The van der Waals surface area contributed by atoms with Crippen LogP contribution in [0.5, 0.6) is 5.88 Å². The SMILES string of the molecule is Cc1cc(OP(=O)(O)O)nc(N)n1. The number of phosphoric ester groups is 1. The molecule has 72 valence electrons. The molecule has 0 spiro atoms. The standard InChI is InChI=1S/C5H8N3O4P/c1-3-2-4(8-5(6)7-3)12-13(9,10)11/h2H,1H3,(H2,6,7,8)(H2,9,10,11). The van der Waals surface area contributed by atoms with E-state index in [1.807, 2.05) is 0 Å². The summed E-state index contributed by atoms with van der Waals surface area (Å²) in [5.41, 5.74) is 5.69. The average molecular weight is 205 g/mol. The van der Waals surface area contributed by atoms with Crippen molar-refractivity contribution in [1.29, 1.82) is 0 Å². The van der Waals surface area contributed by atoms with Crippen molar-refractivity contribution in [3.63, 3.8) is 0 Å². The van der Waals surface area contributed by atoms with Crippen LogP contribution in [0.4, 0.5) is 5.95 Å². The van der Waals surface area contributed by atoms with Crippen LogP contribution >= 0.6 is 7.82 Å². The second-order valence-corrected chi connectivity index (χ2v) is 3.45. The third-order valence-electron chi connectivity index (χ3n) is 1.06. The first kappa shape index (κ1) is 9.91. The average Bonchev–Trinajstić information content (AvgIpc) is 1.78. The predicted molar refractivity (Wildman–Crippen MR) is 43.9 cm³/mol. The van der Waals surface area contributed by atoms with Crippen molar-refractivity contribution in [2.24, 2.45) is 0 Å². The molecule has 1 aromatic rings. The molecular formula is C5H8N3O4P. The molecule has 0 aliphatic rings. The maximum absolute atomic E-state index is 10.4. The van der Waals surface area contributed by atoms with Crippen molar-refractivity contribution < 1.29 is 18.9 Å². The molecule has 1 heterocycles. The zero-order valence-corrected chi connectivity index (χ0v) is 7.60. The summed E-state index contributed by atoms with van der Waals surface area (Å²) in [4.78, 5) is 24.1. The largest absolute Gasteiger partial charge is 0.526 e. The molecule has 13 heavy (non-hydrogen) atoms. The van der Waals surface area contributed by atoms with E-state index in [1.165, 1.54) is 6.07 Å². The summed E-state index contributed by atoms with van der Waals surface area (Å²) in [6.45, 7) is 1.60. The van der Waals surface area contributed by atoms with Gasteiger partial charge in [-0.15, -0.1) is 0 Å².